The van der Waals surface area contributed by atoms with Crippen LogP contribution in [0.2, 0.25) is 0 Å². The van der Waals surface area contributed by atoms with Crippen LogP contribution in [0.3, 0.4) is 0 Å². The lowest BCUT2D eigenvalue weighted by atomic mass is 10.1. The maximum absolute atomic E-state index is 5.18. The van der Waals surface area contributed by atoms with Crippen LogP contribution in [0.4, 0.5) is 0 Å². The molecule has 0 saturated carbocycles. The average molecular weight is 708 g/mol. The van der Waals surface area contributed by atoms with Crippen LogP contribution in [0.25, 0.3) is 96.1 Å². The Morgan fingerprint density at radius 1 is 0.309 bits per heavy atom. The van der Waals surface area contributed by atoms with Crippen LogP contribution >= 0.6 is 0 Å². The largest absolute Gasteiger partial charge is 0.294 e. The van der Waals surface area contributed by atoms with Crippen molar-refractivity contribution in [3.05, 3.63) is 176 Å². The molecular weight excluding hydrogens is 679 g/mol. The number of benzene rings is 4. The van der Waals surface area contributed by atoms with Crippen LogP contribution < -0.4 is 0 Å². The standard InChI is InChI=1S/C46H29N9/c1-3-15-30(16-4-1)43-50-39(29-42(51-43)55-40-23-9-7-19-33(40)34-20-8-10-24-41(34)55)46-53-44(31-17-5-2-6-18-31)52-45(54-46)32-27-37(35-21-11-13-25-47-35)49-38(28-32)36-22-12-14-26-48-36/h1-29H. The predicted molar refractivity (Wildman–Crippen MR) is 216 cm³/mol. The summed E-state index contributed by atoms with van der Waals surface area (Å²) in [7, 11) is 0. The van der Waals surface area contributed by atoms with Gasteiger partial charge in [-0.15, -0.1) is 0 Å². The Labute approximate surface area is 315 Å². The third-order valence-electron chi connectivity index (χ3n) is 9.39. The minimum atomic E-state index is 0.404. The molecule has 0 saturated heterocycles. The Morgan fingerprint density at radius 3 is 1.33 bits per heavy atom. The topological polar surface area (TPSA) is 108 Å². The highest BCUT2D eigenvalue weighted by molar-refractivity contribution is 6.09. The third kappa shape index (κ3) is 6.05. The molecule has 0 bridgehead atoms. The Kier molecular flexibility index (Phi) is 7.92. The van der Waals surface area contributed by atoms with Crippen LogP contribution in [0, 0.1) is 0 Å². The van der Waals surface area contributed by atoms with Crippen molar-refractivity contribution in [2.24, 2.45) is 0 Å². The number of rotatable bonds is 7. The van der Waals surface area contributed by atoms with Gasteiger partial charge in [0, 0.05) is 45.9 Å². The maximum atomic E-state index is 5.18. The second-order valence-corrected chi connectivity index (χ2v) is 12.9. The minimum Gasteiger partial charge on any atom is -0.294 e. The van der Waals surface area contributed by atoms with Gasteiger partial charge in [-0.1, -0.05) is 109 Å². The molecule has 9 nitrogen and oxygen atoms in total. The molecule has 0 spiro atoms. The second-order valence-electron chi connectivity index (χ2n) is 12.9. The first-order valence-corrected chi connectivity index (χ1v) is 17.9. The van der Waals surface area contributed by atoms with E-state index >= 15 is 0 Å². The molecule has 0 atom stereocenters. The number of fused-ring (bicyclic) bond motifs is 3. The van der Waals surface area contributed by atoms with Gasteiger partial charge in [0.15, 0.2) is 23.3 Å². The van der Waals surface area contributed by atoms with Crippen molar-refractivity contribution in [3.63, 3.8) is 0 Å². The Balaban J connectivity index is 1.23. The summed E-state index contributed by atoms with van der Waals surface area (Å²) in [4.78, 5) is 39.8. The van der Waals surface area contributed by atoms with Crippen molar-refractivity contribution < 1.29 is 0 Å². The van der Waals surface area contributed by atoms with Gasteiger partial charge in [0.1, 0.15) is 11.5 Å². The first kappa shape index (κ1) is 31.9. The lowest BCUT2D eigenvalue weighted by molar-refractivity contribution is 1.02. The third-order valence-corrected chi connectivity index (χ3v) is 9.39. The van der Waals surface area contributed by atoms with Gasteiger partial charge in [-0.25, -0.2) is 29.9 Å². The van der Waals surface area contributed by atoms with E-state index in [2.05, 4.69) is 63.1 Å². The normalized spacial score (nSPS) is 11.3. The molecule has 6 aromatic heterocycles. The zero-order valence-electron chi connectivity index (χ0n) is 29.3. The van der Waals surface area contributed by atoms with Crippen molar-refractivity contribution in [3.8, 4) is 74.3 Å². The monoisotopic (exact) mass is 707 g/mol. The highest BCUT2D eigenvalue weighted by Crippen LogP contribution is 2.34. The minimum absolute atomic E-state index is 0.404. The van der Waals surface area contributed by atoms with E-state index < -0.39 is 0 Å². The number of pyridine rings is 3. The fourth-order valence-corrected chi connectivity index (χ4v) is 6.84. The highest BCUT2D eigenvalue weighted by Gasteiger charge is 2.20. The van der Waals surface area contributed by atoms with E-state index in [1.165, 1.54) is 0 Å². The van der Waals surface area contributed by atoms with Gasteiger partial charge in [0.05, 0.1) is 33.8 Å². The zero-order valence-corrected chi connectivity index (χ0v) is 29.3. The Bertz CT molecular complexity index is 2860. The maximum Gasteiger partial charge on any atom is 0.182 e. The van der Waals surface area contributed by atoms with E-state index in [1.54, 1.807) is 12.4 Å². The number of hydrogen-bond donors (Lipinski definition) is 0. The summed E-state index contributed by atoms with van der Waals surface area (Å²) >= 11 is 0. The van der Waals surface area contributed by atoms with Crippen molar-refractivity contribution in [2.75, 3.05) is 0 Å². The molecular formula is C46H29N9. The number of nitrogens with zero attached hydrogens (tertiary/aromatic N) is 9. The molecule has 4 aromatic carbocycles. The summed E-state index contributed by atoms with van der Waals surface area (Å²) in [5, 5.41) is 2.27. The summed E-state index contributed by atoms with van der Waals surface area (Å²) in [5.41, 5.74) is 7.86. The van der Waals surface area contributed by atoms with Gasteiger partial charge in [-0.3, -0.25) is 14.5 Å². The van der Waals surface area contributed by atoms with Gasteiger partial charge < -0.3 is 0 Å². The quantitative estimate of drug-likeness (QED) is 0.161. The first-order chi connectivity index (χ1) is 27.2. The lowest BCUT2D eigenvalue weighted by Crippen LogP contribution is -2.06. The van der Waals surface area contributed by atoms with Gasteiger partial charge >= 0.3 is 0 Å². The number of hydrogen-bond acceptors (Lipinski definition) is 8. The Morgan fingerprint density at radius 2 is 0.782 bits per heavy atom. The molecule has 0 aliphatic carbocycles. The average Bonchev–Trinajstić information content (AvgIpc) is 3.61. The first-order valence-electron chi connectivity index (χ1n) is 17.9. The van der Waals surface area contributed by atoms with Crippen LogP contribution in [0.1, 0.15) is 0 Å². The number of para-hydroxylation sites is 2. The molecule has 0 radical (unpaired) electrons. The predicted octanol–water partition coefficient (Wildman–Crippen LogP) is 9.95. The van der Waals surface area contributed by atoms with Crippen molar-refractivity contribution >= 4 is 21.8 Å². The molecule has 0 amide bonds. The van der Waals surface area contributed by atoms with E-state index in [4.69, 9.17) is 29.9 Å². The van der Waals surface area contributed by atoms with E-state index in [0.29, 0.717) is 46.2 Å². The molecule has 10 aromatic rings. The zero-order chi connectivity index (χ0) is 36.6. The van der Waals surface area contributed by atoms with Crippen LogP contribution in [-0.4, -0.2) is 44.4 Å². The van der Waals surface area contributed by atoms with Crippen molar-refractivity contribution in [1.82, 2.24) is 44.4 Å². The van der Waals surface area contributed by atoms with Crippen LogP contribution in [0.5, 0.6) is 0 Å². The summed E-state index contributed by atoms with van der Waals surface area (Å²) in [5.74, 6) is 2.62. The fraction of sp³-hybridized carbons (Fsp3) is 0. The molecule has 0 unspecified atom stereocenters. The molecule has 0 N–H and O–H groups in total. The second kappa shape index (κ2) is 13.6. The number of aromatic nitrogens is 9. The van der Waals surface area contributed by atoms with Gasteiger partial charge in [-0.05, 0) is 48.5 Å². The molecule has 6 heterocycles. The van der Waals surface area contributed by atoms with Gasteiger partial charge in [-0.2, -0.15) is 0 Å². The summed E-state index contributed by atoms with van der Waals surface area (Å²) < 4.78 is 2.18. The van der Waals surface area contributed by atoms with Crippen LogP contribution in [-0.2, 0) is 0 Å². The summed E-state index contributed by atoms with van der Waals surface area (Å²) in [6.07, 6.45) is 3.51. The summed E-state index contributed by atoms with van der Waals surface area (Å²) in [6, 6.07) is 54.1. The molecule has 0 aliphatic rings. The van der Waals surface area contributed by atoms with E-state index in [0.717, 1.165) is 49.9 Å². The molecule has 0 aliphatic heterocycles. The smallest absolute Gasteiger partial charge is 0.182 e. The van der Waals surface area contributed by atoms with Crippen molar-refractivity contribution in [1.29, 1.82) is 0 Å². The van der Waals surface area contributed by atoms with Crippen molar-refractivity contribution in [2.45, 2.75) is 0 Å². The van der Waals surface area contributed by atoms with Crippen LogP contribution in [0.15, 0.2) is 176 Å². The highest BCUT2D eigenvalue weighted by atomic mass is 15.1. The molecule has 258 valence electrons. The summed E-state index contributed by atoms with van der Waals surface area (Å²) in [6.45, 7) is 0. The molecule has 10 rings (SSSR count). The van der Waals surface area contributed by atoms with E-state index in [9.17, 15) is 0 Å². The van der Waals surface area contributed by atoms with Gasteiger partial charge in [0.25, 0.3) is 0 Å². The molecule has 55 heavy (non-hydrogen) atoms. The van der Waals surface area contributed by atoms with Gasteiger partial charge in [0.2, 0.25) is 0 Å². The van der Waals surface area contributed by atoms with E-state index in [1.807, 2.05) is 115 Å². The molecule has 9 heteroatoms. The fourth-order valence-electron chi connectivity index (χ4n) is 6.84. The SMILES string of the molecule is c1ccc(-c2nc(-c3nc(-c4ccccc4)nc(-c4cc(-c5ccccn5)nc(-c5ccccn5)c4)n3)cc(-n3c4ccccc4c4ccccc43)n2)cc1. The van der Waals surface area contributed by atoms with E-state index in [-0.39, 0.29) is 0 Å². The molecule has 0 fully saturated rings. The lowest BCUT2D eigenvalue weighted by Gasteiger charge is -2.13. The Hall–Kier alpha value is -7.78.